The van der Waals surface area contributed by atoms with E-state index in [2.05, 4.69) is 15.2 Å². The van der Waals surface area contributed by atoms with E-state index in [4.69, 9.17) is 14.2 Å². The van der Waals surface area contributed by atoms with E-state index < -0.39 is 29.8 Å². The number of alkyl halides is 3. The van der Waals surface area contributed by atoms with Gasteiger partial charge in [-0.3, -0.25) is 14.5 Å². The standard InChI is InChI=1S/C32H35F3N6O6/c33-32(34,35)20-1-6-29-27(13-20)30(43)40-17-26(46-18-21-15-41(37-36-21)23-2-4-25(42)5-3-23)14-28(40)31(44)39-10-9-38(16-24(39)19-47-29)22-7-11-45-12-8-22/h1-6,13,15,22,24,26,28,42H,7-12,14,16-19H2/t24-,26+,28-/m0/s1. The van der Waals surface area contributed by atoms with Crippen molar-refractivity contribution >= 4 is 11.8 Å². The molecule has 0 radical (unpaired) electrons. The average Bonchev–Trinajstić information content (AvgIpc) is 3.73. The fraction of sp³-hybridized carbons (Fsp3) is 0.500. The van der Waals surface area contributed by atoms with Crippen molar-refractivity contribution in [2.75, 3.05) is 46.0 Å². The Morgan fingerprint density at radius 2 is 1.77 bits per heavy atom. The lowest BCUT2D eigenvalue weighted by atomic mass is 10.0. The Kier molecular flexibility index (Phi) is 8.53. The van der Waals surface area contributed by atoms with Crippen molar-refractivity contribution < 1.29 is 42.1 Å². The first kappa shape index (κ1) is 31.4. The monoisotopic (exact) mass is 656 g/mol. The Morgan fingerprint density at radius 3 is 2.53 bits per heavy atom. The Bertz CT molecular complexity index is 1610. The number of fused-ring (bicyclic) bond motifs is 3. The maximum absolute atomic E-state index is 14.2. The summed E-state index contributed by atoms with van der Waals surface area (Å²) in [5.74, 6) is -0.811. The van der Waals surface area contributed by atoms with Crippen LogP contribution in [0.15, 0.2) is 48.7 Å². The summed E-state index contributed by atoms with van der Waals surface area (Å²) in [7, 11) is 0. The molecule has 2 amide bonds. The van der Waals surface area contributed by atoms with Crippen LogP contribution in [0.1, 0.15) is 40.9 Å². The quantitative estimate of drug-likeness (QED) is 0.442. The molecule has 3 saturated heterocycles. The smallest absolute Gasteiger partial charge is 0.416 e. The average molecular weight is 657 g/mol. The van der Waals surface area contributed by atoms with Gasteiger partial charge < -0.3 is 29.1 Å². The van der Waals surface area contributed by atoms with Gasteiger partial charge in [0.2, 0.25) is 5.91 Å². The molecule has 0 saturated carbocycles. The highest BCUT2D eigenvalue weighted by Gasteiger charge is 2.46. The highest BCUT2D eigenvalue weighted by molar-refractivity contribution is 6.00. The number of carbonyl (C=O) groups excluding carboxylic acids is 2. The van der Waals surface area contributed by atoms with Crippen molar-refractivity contribution in [1.82, 2.24) is 29.7 Å². The van der Waals surface area contributed by atoms with Crippen molar-refractivity contribution in [3.8, 4) is 17.2 Å². The van der Waals surface area contributed by atoms with E-state index in [1.165, 1.54) is 27.8 Å². The lowest BCUT2D eigenvalue weighted by Crippen LogP contribution is -2.62. The summed E-state index contributed by atoms with van der Waals surface area (Å²) in [6.07, 6.45) is -1.62. The molecule has 1 aromatic heterocycles. The summed E-state index contributed by atoms with van der Waals surface area (Å²) < 4.78 is 60.5. The predicted octanol–water partition coefficient (Wildman–Crippen LogP) is 2.88. The van der Waals surface area contributed by atoms with Crippen LogP contribution in [-0.2, 0) is 27.1 Å². The van der Waals surface area contributed by atoms with Gasteiger partial charge in [-0.1, -0.05) is 5.21 Å². The van der Waals surface area contributed by atoms with E-state index in [-0.39, 0.29) is 55.2 Å². The van der Waals surface area contributed by atoms with Crippen molar-refractivity contribution in [2.24, 2.45) is 0 Å². The first-order chi connectivity index (χ1) is 22.6. The Labute approximate surface area is 268 Å². The minimum absolute atomic E-state index is 0.00370. The number of halogens is 3. The van der Waals surface area contributed by atoms with Gasteiger partial charge in [0.25, 0.3) is 5.91 Å². The number of aromatic nitrogens is 3. The fourth-order valence-electron chi connectivity index (χ4n) is 6.90. The van der Waals surface area contributed by atoms with Gasteiger partial charge in [-0.2, -0.15) is 13.2 Å². The van der Waals surface area contributed by atoms with Crippen LogP contribution < -0.4 is 4.74 Å². The topological polar surface area (TPSA) is 122 Å². The van der Waals surface area contributed by atoms with E-state index in [1.807, 2.05) is 0 Å². The molecule has 12 nitrogen and oxygen atoms in total. The molecule has 3 fully saturated rings. The van der Waals surface area contributed by atoms with Crippen LogP contribution in [0.4, 0.5) is 13.2 Å². The molecule has 5 heterocycles. The molecule has 0 aliphatic carbocycles. The number of benzene rings is 2. The third-order valence-corrected chi connectivity index (χ3v) is 9.40. The van der Waals surface area contributed by atoms with E-state index in [9.17, 15) is 27.9 Å². The molecule has 3 aromatic rings. The number of piperazine rings is 1. The third kappa shape index (κ3) is 6.51. The van der Waals surface area contributed by atoms with Gasteiger partial charge in [0.1, 0.15) is 29.8 Å². The molecule has 2 aromatic carbocycles. The highest BCUT2D eigenvalue weighted by atomic mass is 19.4. The van der Waals surface area contributed by atoms with Crippen LogP contribution in [0.5, 0.6) is 11.5 Å². The zero-order chi connectivity index (χ0) is 32.7. The van der Waals surface area contributed by atoms with Gasteiger partial charge in [-0.05, 0) is 55.3 Å². The first-order valence-corrected chi connectivity index (χ1v) is 15.7. The number of amides is 2. The second-order valence-electron chi connectivity index (χ2n) is 12.4. The molecule has 7 rings (SSSR count). The van der Waals surface area contributed by atoms with Gasteiger partial charge >= 0.3 is 6.18 Å². The number of aromatic hydroxyl groups is 1. The maximum atomic E-state index is 14.2. The molecule has 1 N–H and O–H groups in total. The molecule has 4 aliphatic rings. The van der Waals surface area contributed by atoms with E-state index in [0.717, 1.165) is 25.0 Å². The first-order valence-electron chi connectivity index (χ1n) is 15.7. The van der Waals surface area contributed by atoms with E-state index in [0.29, 0.717) is 50.3 Å². The van der Waals surface area contributed by atoms with Gasteiger partial charge in [0.05, 0.1) is 41.8 Å². The SMILES string of the molecule is O=C1[C@@H]2C[C@@H](OCc3cn(-c4ccc(O)cc4)nn3)CN2C(=O)c2cc(C(F)(F)F)ccc2OC[C@@H]2CN(C3CCOCC3)CCN12. The summed E-state index contributed by atoms with van der Waals surface area (Å²) in [5.41, 5.74) is -0.0232. The molecule has 4 aliphatic heterocycles. The number of phenolic OH excluding ortho intramolecular Hbond substituents is 1. The lowest BCUT2D eigenvalue weighted by molar-refractivity contribution is -0.143. The number of carbonyl (C=O) groups is 2. The summed E-state index contributed by atoms with van der Waals surface area (Å²) >= 11 is 0. The van der Waals surface area contributed by atoms with Gasteiger partial charge in [0.15, 0.2) is 0 Å². The van der Waals surface area contributed by atoms with E-state index in [1.54, 1.807) is 23.2 Å². The van der Waals surface area contributed by atoms with Crippen molar-refractivity contribution in [1.29, 1.82) is 0 Å². The van der Waals surface area contributed by atoms with Crippen LogP contribution in [0.25, 0.3) is 5.69 Å². The van der Waals surface area contributed by atoms with Gasteiger partial charge in [0, 0.05) is 51.9 Å². The molecular formula is C32H35F3N6O6. The normalized spacial score (nSPS) is 24.4. The molecular weight excluding hydrogens is 621 g/mol. The van der Waals surface area contributed by atoms with Crippen LogP contribution in [0.3, 0.4) is 0 Å². The zero-order valence-corrected chi connectivity index (χ0v) is 25.5. The Morgan fingerprint density at radius 1 is 0.979 bits per heavy atom. The molecule has 0 spiro atoms. The second-order valence-corrected chi connectivity index (χ2v) is 12.4. The van der Waals surface area contributed by atoms with Crippen molar-refractivity contribution in [2.45, 2.75) is 56.3 Å². The van der Waals surface area contributed by atoms with Crippen LogP contribution >= 0.6 is 0 Å². The zero-order valence-electron chi connectivity index (χ0n) is 25.5. The van der Waals surface area contributed by atoms with Gasteiger partial charge in [-0.25, -0.2) is 4.68 Å². The number of hydrogen-bond acceptors (Lipinski definition) is 9. The minimum Gasteiger partial charge on any atom is -0.508 e. The summed E-state index contributed by atoms with van der Waals surface area (Å²) in [5, 5.41) is 17.8. The number of phenols is 1. The Hall–Kier alpha value is -4.21. The number of ether oxygens (including phenoxy) is 3. The van der Waals surface area contributed by atoms with Crippen molar-refractivity contribution in [3.63, 3.8) is 0 Å². The summed E-state index contributed by atoms with van der Waals surface area (Å²) in [6.45, 7) is 3.08. The molecule has 0 unspecified atom stereocenters. The fourth-order valence-corrected chi connectivity index (χ4v) is 6.90. The number of nitrogens with zero attached hydrogens (tertiary/aromatic N) is 6. The second kappa shape index (κ2) is 12.8. The summed E-state index contributed by atoms with van der Waals surface area (Å²) in [4.78, 5) is 33.6. The largest absolute Gasteiger partial charge is 0.508 e. The molecule has 3 atom stereocenters. The molecule has 47 heavy (non-hydrogen) atoms. The predicted molar refractivity (Wildman–Crippen MR) is 159 cm³/mol. The van der Waals surface area contributed by atoms with Crippen LogP contribution in [0.2, 0.25) is 0 Å². The summed E-state index contributed by atoms with van der Waals surface area (Å²) in [6, 6.07) is 8.37. The minimum atomic E-state index is -4.67. The molecule has 0 bridgehead atoms. The molecule has 250 valence electrons. The van der Waals surface area contributed by atoms with Gasteiger partial charge in [-0.15, -0.1) is 5.10 Å². The van der Waals surface area contributed by atoms with Crippen LogP contribution in [-0.4, -0.2) is 117 Å². The third-order valence-electron chi connectivity index (χ3n) is 9.40. The lowest BCUT2D eigenvalue weighted by Gasteiger charge is -2.46. The highest BCUT2D eigenvalue weighted by Crippen LogP contribution is 2.36. The number of hydrogen-bond donors (Lipinski definition) is 1. The van der Waals surface area contributed by atoms with E-state index >= 15 is 0 Å². The van der Waals surface area contributed by atoms with Crippen LogP contribution in [0, 0.1) is 0 Å². The Balaban J connectivity index is 1.14. The van der Waals surface area contributed by atoms with Crippen molar-refractivity contribution in [3.05, 3.63) is 65.5 Å². The number of rotatable bonds is 5. The molecule has 15 heteroatoms. The maximum Gasteiger partial charge on any atom is 0.416 e.